The van der Waals surface area contributed by atoms with Crippen LogP contribution in [-0.4, -0.2) is 106 Å². The normalized spacial score (nSPS) is 27.1. The number of piperazine rings is 1. The summed E-state index contributed by atoms with van der Waals surface area (Å²) in [6, 6.07) is 8.03. The molecular weight excluding hydrogens is 836 g/mol. The van der Waals surface area contributed by atoms with Crippen LogP contribution in [0.15, 0.2) is 48.6 Å². The molecule has 3 aliphatic heterocycles. The van der Waals surface area contributed by atoms with Crippen molar-refractivity contribution < 1.29 is 41.8 Å². The van der Waals surface area contributed by atoms with E-state index in [9.17, 15) is 27.6 Å². The molecule has 0 unspecified atom stereocenters. The smallest absolute Gasteiger partial charge is 0.411 e. The Labute approximate surface area is 367 Å². The van der Waals surface area contributed by atoms with Crippen LogP contribution in [0.25, 0.3) is 22.3 Å². The van der Waals surface area contributed by atoms with E-state index in [2.05, 4.69) is 10.0 Å². The molecule has 2 bridgehead atoms. The number of amides is 4. The third-order valence-corrected chi connectivity index (χ3v) is 14.6. The number of fused-ring (bicyclic) bond motifs is 3. The number of rotatable bonds is 8. The van der Waals surface area contributed by atoms with E-state index in [0.717, 1.165) is 18.5 Å². The Kier molecular flexibility index (Phi) is 11.7. The molecule has 17 heteroatoms. The van der Waals surface area contributed by atoms with E-state index in [0.29, 0.717) is 65.9 Å². The molecule has 2 N–H and O–H groups in total. The van der Waals surface area contributed by atoms with Gasteiger partial charge in [0.15, 0.2) is 0 Å². The number of hydrogen-bond donors (Lipinski definition) is 2. The highest BCUT2D eigenvalue weighted by molar-refractivity contribution is 7.91. The lowest BCUT2D eigenvalue weighted by Gasteiger charge is -2.45. The number of halogens is 1. The number of carbonyl (C=O) groups is 4. The number of sulfonamides is 1. The molecule has 332 valence electrons. The van der Waals surface area contributed by atoms with Crippen LogP contribution in [-0.2, 0) is 29.1 Å². The first kappa shape index (κ1) is 43.7. The number of methoxy groups -OCH3 is 1. The van der Waals surface area contributed by atoms with Gasteiger partial charge in [-0.3, -0.25) is 29.0 Å². The Morgan fingerprint density at radius 3 is 2.48 bits per heavy atom. The number of benzene rings is 1. The zero-order chi connectivity index (χ0) is 44.3. The Morgan fingerprint density at radius 2 is 1.77 bits per heavy atom. The predicted molar refractivity (Wildman–Crippen MR) is 232 cm³/mol. The predicted octanol–water partition coefficient (Wildman–Crippen LogP) is 6.42. The van der Waals surface area contributed by atoms with Gasteiger partial charge in [0.1, 0.15) is 45.8 Å². The first-order chi connectivity index (χ1) is 29.4. The molecule has 4 amide bonds. The second-order valence-corrected chi connectivity index (χ2v) is 20.8. The summed E-state index contributed by atoms with van der Waals surface area (Å²) in [4.78, 5) is 70.6. The molecule has 1 aromatic carbocycles. The molecule has 6 atom stereocenters. The Hall–Kier alpha value is -4.96. The molecule has 4 fully saturated rings. The van der Waals surface area contributed by atoms with Crippen LogP contribution < -0.4 is 19.5 Å². The van der Waals surface area contributed by atoms with Crippen molar-refractivity contribution >= 4 is 56.3 Å². The monoisotopic (exact) mass is 890 g/mol. The minimum atomic E-state index is -3.93. The lowest BCUT2D eigenvalue weighted by Crippen LogP contribution is -2.66. The van der Waals surface area contributed by atoms with Crippen molar-refractivity contribution in [2.75, 3.05) is 13.7 Å². The van der Waals surface area contributed by atoms with Crippen LogP contribution in [0.1, 0.15) is 104 Å². The Bertz CT molecular complexity index is 2440. The van der Waals surface area contributed by atoms with Gasteiger partial charge in [-0.2, -0.15) is 0 Å². The van der Waals surface area contributed by atoms with Crippen molar-refractivity contribution in [2.24, 2.45) is 5.92 Å². The molecular formula is C45H55ClN6O9S. The molecule has 2 aromatic heterocycles. The second-order valence-electron chi connectivity index (χ2n) is 18.5. The summed E-state index contributed by atoms with van der Waals surface area (Å²) in [6.07, 6.45) is 6.64. The van der Waals surface area contributed by atoms with Gasteiger partial charge in [0, 0.05) is 36.0 Å². The summed E-state index contributed by atoms with van der Waals surface area (Å²) in [7, 11) is -2.42. The number of pyridine rings is 2. The summed E-state index contributed by atoms with van der Waals surface area (Å²) in [5, 5.41) is 3.09. The van der Waals surface area contributed by atoms with Crippen LogP contribution in [0.4, 0.5) is 4.79 Å². The van der Waals surface area contributed by atoms with Gasteiger partial charge in [-0.1, -0.05) is 56.5 Å². The van der Waals surface area contributed by atoms with Gasteiger partial charge in [0.2, 0.25) is 21.8 Å². The number of nitrogens with zero attached hydrogens (tertiary/aromatic N) is 4. The SMILES string of the molecule is COc1ccc2c(O[C@@H]3C[C@H]4C(=O)N[C@]5(C(=O)NS(=O)(=O)C6CC6)C[C@H]5/C=C\CCCCC[C@@H]5C(=O)N4[C@@H]3CN5C(=O)OC(C)(C)C)cc(-c3cccc(C(C)C)n3)nc2c1Cl. The van der Waals surface area contributed by atoms with E-state index in [1.165, 1.54) is 16.9 Å². The maximum absolute atomic E-state index is 15.0. The van der Waals surface area contributed by atoms with E-state index in [1.54, 1.807) is 39.0 Å². The summed E-state index contributed by atoms with van der Waals surface area (Å²) < 4.78 is 46.7. The average Bonchev–Trinajstić information content (AvgIpc) is 4.15. The van der Waals surface area contributed by atoms with Gasteiger partial charge >= 0.3 is 6.09 Å². The van der Waals surface area contributed by atoms with Crippen molar-refractivity contribution in [1.29, 1.82) is 0 Å². The van der Waals surface area contributed by atoms with Crippen molar-refractivity contribution in [3.63, 3.8) is 0 Å². The molecule has 3 aromatic rings. The highest BCUT2D eigenvalue weighted by Crippen LogP contribution is 2.47. The largest absolute Gasteiger partial charge is 0.495 e. The number of carbonyl (C=O) groups excluding carboxylic acids is 4. The zero-order valence-electron chi connectivity index (χ0n) is 36.0. The van der Waals surface area contributed by atoms with Gasteiger partial charge in [-0.05, 0) is 89.5 Å². The third-order valence-electron chi connectivity index (χ3n) is 12.5. The van der Waals surface area contributed by atoms with Crippen molar-refractivity contribution in [3.8, 4) is 22.9 Å². The van der Waals surface area contributed by atoms with Crippen molar-refractivity contribution in [3.05, 3.63) is 59.3 Å². The van der Waals surface area contributed by atoms with Crippen LogP contribution in [0.2, 0.25) is 5.02 Å². The lowest BCUT2D eigenvalue weighted by atomic mass is 9.99. The van der Waals surface area contributed by atoms with Crippen molar-refractivity contribution in [2.45, 2.75) is 139 Å². The Morgan fingerprint density at radius 1 is 1.00 bits per heavy atom. The molecule has 5 aliphatic rings. The summed E-state index contributed by atoms with van der Waals surface area (Å²) in [6.45, 7) is 9.38. The molecule has 15 nitrogen and oxygen atoms in total. The summed E-state index contributed by atoms with van der Waals surface area (Å²) in [5.74, 6) is -1.41. The molecule has 0 radical (unpaired) electrons. The van der Waals surface area contributed by atoms with E-state index in [-0.39, 0.29) is 30.3 Å². The minimum Gasteiger partial charge on any atom is -0.495 e. The quantitative estimate of drug-likeness (QED) is 0.238. The van der Waals surface area contributed by atoms with E-state index in [4.69, 9.17) is 35.8 Å². The van der Waals surface area contributed by atoms with Gasteiger partial charge in [-0.25, -0.2) is 18.2 Å². The number of hydrogen-bond acceptors (Lipinski definition) is 11. The topological polar surface area (TPSA) is 186 Å². The van der Waals surface area contributed by atoms with Gasteiger partial charge in [-0.15, -0.1) is 0 Å². The maximum Gasteiger partial charge on any atom is 0.411 e. The maximum atomic E-state index is 15.0. The molecule has 0 spiro atoms. The zero-order valence-corrected chi connectivity index (χ0v) is 37.6. The first-order valence-electron chi connectivity index (χ1n) is 21.6. The standard InChI is InChI=1S/C45H55ClN6O9S/c1-25(2)29-14-12-15-30(47-29)31-21-36(28-19-20-35(59-6)38(46)39(28)48-31)60-37-22-33-40(53)49-45(42(55)50-62(57,58)27-17-18-27)23-26(45)13-10-8-7-9-11-16-32-41(54)52(33)34(37)24-51(32)43(56)61-44(3,4)5/h10,12-15,19-21,25-27,32-34,37H,7-9,11,16-18,22-24H2,1-6H3,(H,49,53)(H,50,55)/b13-10-/t26-,32-,33+,34-,37-,45-/m1/s1. The van der Waals surface area contributed by atoms with Crippen LogP contribution >= 0.6 is 11.6 Å². The third kappa shape index (κ3) is 8.56. The van der Waals surface area contributed by atoms with E-state index < -0.39 is 80.4 Å². The fourth-order valence-electron chi connectivity index (χ4n) is 8.90. The van der Waals surface area contributed by atoms with Crippen LogP contribution in [0, 0.1) is 5.92 Å². The van der Waals surface area contributed by atoms with Gasteiger partial charge < -0.3 is 24.4 Å². The number of ether oxygens (including phenoxy) is 3. The number of allylic oxidation sites excluding steroid dienone is 1. The van der Waals surface area contributed by atoms with Gasteiger partial charge in [0.25, 0.3) is 5.91 Å². The highest BCUT2D eigenvalue weighted by atomic mass is 35.5. The molecule has 8 rings (SSSR count). The summed E-state index contributed by atoms with van der Waals surface area (Å²) in [5.41, 5.74) is -0.0992. The van der Waals surface area contributed by atoms with Crippen LogP contribution in [0.5, 0.6) is 11.5 Å². The number of aromatic nitrogens is 2. The molecule has 2 saturated heterocycles. The Balaban J connectivity index is 1.21. The minimum absolute atomic E-state index is 0.00233. The fraction of sp³-hybridized carbons (Fsp3) is 0.556. The first-order valence-corrected chi connectivity index (χ1v) is 23.5. The lowest BCUT2D eigenvalue weighted by molar-refractivity contribution is -0.151. The van der Waals surface area contributed by atoms with Gasteiger partial charge in [0.05, 0.1) is 35.3 Å². The van der Waals surface area contributed by atoms with Crippen molar-refractivity contribution in [1.82, 2.24) is 29.8 Å². The van der Waals surface area contributed by atoms with E-state index in [1.807, 2.05) is 44.2 Å². The second kappa shape index (κ2) is 16.6. The molecule has 2 aliphatic carbocycles. The average molecular weight is 891 g/mol. The molecule has 5 heterocycles. The van der Waals surface area contributed by atoms with E-state index >= 15 is 0 Å². The van der Waals surface area contributed by atoms with Crippen LogP contribution in [0.3, 0.4) is 0 Å². The highest BCUT2D eigenvalue weighted by Gasteiger charge is 2.63. The fourth-order valence-corrected chi connectivity index (χ4v) is 10.5. The number of nitrogens with one attached hydrogen (secondary N) is 2. The molecule has 2 saturated carbocycles. The summed E-state index contributed by atoms with van der Waals surface area (Å²) >= 11 is 6.92. The molecule has 62 heavy (non-hydrogen) atoms.